The second kappa shape index (κ2) is 9.17. The molecule has 156 valence electrons. The van der Waals surface area contributed by atoms with Crippen LogP contribution in [0.4, 0.5) is 24.5 Å². The van der Waals surface area contributed by atoms with Crippen molar-refractivity contribution in [2.24, 2.45) is 0 Å². The Morgan fingerprint density at radius 3 is 2.48 bits per heavy atom. The summed E-state index contributed by atoms with van der Waals surface area (Å²) in [6, 6.07) is 12.6. The van der Waals surface area contributed by atoms with Gasteiger partial charge in [-0.3, -0.25) is 9.69 Å². The van der Waals surface area contributed by atoms with Gasteiger partial charge in [0.1, 0.15) is 5.75 Å². The van der Waals surface area contributed by atoms with Crippen LogP contribution in [0.25, 0.3) is 0 Å². The van der Waals surface area contributed by atoms with E-state index in [-0.39, 0.29) is 12.5 Å². The van der Waals surface area contributed by atoms with Gasteiger partial charge in [-0.2, -0.15) is 13.2 Å². The van der Waals surface area contributed by atoms with E-state index >= 15 is 0 Å². The minimum absolute atomic E-state index is 0.148. The van der Waals surface area contributed by atoms with Gasteiger partial charge in [-0.25, -0.2) is 0 Å². The fourth-order valence-electron chi connectivity index (χ4n) is 3.29. The van der Waals surface area contributed by atoms with Crippen LogP contribution in [0.3, 0.4) is 0 Å². The zero-order valence-electron chi connectivity index (χ0n) is 16.2. The molecule has 3 rings (SSSR count). The minimum Gasteiger partial charge on any atom is -0.492 e. The SMILES string of the molecule is CCOc1ccccc1NC(=O)CN1CCN(c2cccc(C(F)(F)F)c2)CC1. The summed E-state index contributed by atoms with van der Waals surface area (Å²) in [5.41, 5.74) is 0.529. The second-order valence-electron chi connectivity index (χ2n) is 6.79. The highest BCUT2D eigenvalue weighted by atomic mass is 19.4. The summed E-state index contributed by atoms with van der Waals surface area (Å²) in [4.78, 5) is 16.3. The van der Waals surface area contributed by atoms with Crippen molar-refractivity contribution in [1.82, 2.24) is 4.90 Å². The van der Waals surface area contributed by atoms with Gasteiger partial charge in [0.2, 0.25) is 5.91 Å². The van der Waals surface area contributed by atoms with Crippen LogP contribution in [-0.2, 0) is 11.0 Å². The number of hydrogen-bond acceptors (Lipinski definition) is 4. The number of amides is 1. The van der Waals surface area contributed by atoms with Crippen molar-refractivity contribution in [1.29, 1.82) is 0 Å². The van der Waals surface area contributed by atoms with Gasteiger partial charge in [-0.15, -0.1) is 0 Å². The molecule has 0 radical (unpaired) electrons. The van der Waals surface area contributed by atoms with E-state index in [4.69, 9.17) is 4.74 Å². The molecule has 0 bridgehead atoms. The third kappa shape index (κ3) is 5.63. The lowest BCUT2D eigenvalue weighted by Crippen LogP contribution is -2.48. The summed E-state index contributed by atoms with van der Waals surface area (Å²) >= 11 is 0. The number of anilines is 2. The van der Waals surface area contributed by atoms with Gasteiger partial charge in [0.25, 0.3) is 0 Å². The van der Waals surface area contributed by atoms with Gasteiger partial charge in [0, 0.05) is 31.9 Å². The Kier molecular flexibility index (Phi) is 6.64. The maximum atomic E-state index is 12.9. The van der Waals surface area contributed by atoms with Gasteiger partial charge >= 0.3 is 6.18 Å². The van der Waals surface area contributed by atoms with Crippen LogP contribution in [0.2, 0.25) is 0 Å². The molecule has 1 fully saturated rings. The molecule has 0 saturated carbocycles. The number of halogens is 3. The highest BCUT2D eigenvalue weighted by Crippen LogP contribution is 2.32. The van der Waals surface area contributed by atoms with Crippen molar-refractivity contribution in [3.63, 3.8) is 0 Å². The van der Waals surface area contributed by atoms with Gasteiger partial charge in [0.05, 0.1) is 24.4 Å². The Balaban J connectivity index is 1.53. The molecule has 0 unspecified atom stereocenters. The molecule has 1 N–H and O–H groups in total. The van der Waals surface area contributed by atoms with Gasteiger partial charge < -0.3 is 15.0 Å². The van der Waals surface area contributed by atoms with Crippen molar-refractivity contribution >= 4 is 17.3 Å². The maximum Gasteiger partial charge on any atom is 0.416 e. The zero-order chi connectivity index (χ0) is 20.9. The number of carbonyl (C=O) groups is 1. The molecule has 0 aliphatic carbocycles. The molecular weight excluding hydrogens is 383 g/mol. The van der Waals surface area contributed by atoms with E-state index in [2.05, 4.69) is 5.32 Å². The van der Waals surface area contributed by atoms with Crippen LogP contribution in [0.1, 0.15) is 12.5 Å². The third-order valence-electron chi connectivity index (χ3n) is 4.74. The van der Waals surface area contributed by atoms with Crippen LogP contribution in [0.5, 0.6) is 5.75 Å². The zero-order valence-corrected chi connectivity index (χ0v) is 16.2. The van der Waals surface area contributed by atoms with Crippen molar-refractivity contribution in [3.05, 3.63) is 54.1 Å². The number of para-hydroxylation sites is 2. The smallest absolute Gasteiger partial charge is 0.416 e. The first-order valence-corrected chi connectivity index (χ1v) is 9.53. The van der Waals surface area contributed by atoms with Crippen LogP contribution < -0.4 is 15.0 Å². The Morgan fingerprint density at radius 1 is 1.07 bits per heavy atom. The molecule has 8 heteroatoms. The van der Waals surface area contributed by atoms with E-state index in [1.165, 1.54) is 12.1 Å². The first-order valence-electron chi connectivity index (χ1n) is 9.53. The van der Waals surface area contributed by atoms with Gasteiger partial charge in [0.15, 0.2) is 0 Å². The number of rotatable bonds is 6. The number of ether oxygens (including phenoxy) is 1. The summed E-state index contributed by atoms with van der Waals surface area (Å²) in [5, 5.41) is 2.87. The van der Waals surface area contributed by atoms with Crippen molar-refractivity contribution < 1.29 is 22.7 Å². The fraction of sp³-hybridized carbons (Fsp3) is 0.381. The maximum absolute atomic E-state index is 12.9. The lowest BCUT2D eigenvalue weighted by atomic mass is 10.1. The van der Waals surface area contributed by atoms with Gasteiger partial charge in [-0.1, -0.05) is 18.2 Å². The molecule has 1 amide bonds. The Labute approximate surface area is 168 Å². The number of nitrogens with zero attached hydrogens (tertiary/aromatic N) is 2. The molecule has 5 nitrogen and oxygen atoms in total. The molecule has 1 saturated heterocycles. The van der Waals surface area contributed by atoms with E-state index in [1.54, 1.807) is 18.2 Å². The lowest BCUT2D eigenvalue weighted by molar-refractivity contribution is -0.137. The average molecular weight is 407 g/mol. The van der Waals surface area contributed by atoms with Crippen LogP contribution >= 0.6 is 0 Å². The van der Waals surface area contributed by atoms with Crippen LogP contribution in [-0.4, -0.2) is 50.1 Å². The van der Waals surface area contributed by atoms with Crippen molar-refractivity contribution in [2.45, 2.75) is 13.1 Å². The van der Waals surface area contributed by atoms with E-state index in [0.29, 0.717) is 49.9 Å². The molecule has 2 aromatic rings. The van der Waals surface area contributed by atoms with E-state index in [1.807, 2.05) is 28.9 Å². The predicted octanol–water partition coefficient (Wildman–Crippen LogP) is 3.86. The second-order valence-corrected chi connectivity index (χ2v) is 6.79. The highest BCUT2D eigenvalue weighted by molar-refractivity contribution is 5.93. The molecule has 1 aliphatic rings. The van der Waals surface area contributed by atoms with E-state index in [9.17, 15) is 18.0 Å². The molecule has 2 aromatic carbocycles. The molecular formula is C21H24F3N3O2. The van der Waals surface area contributed by atoms with E-state index < -0.39 is 11.7 Å². The molecule has 1 heterocycles. The molecule has 0 aromatic heterocycles. The molecule has 0 spiro atoms. The largest absolute Gasteiger partial charge is 0.492 e. The summed E-state index contributed by atoms with van der Waals surface area (Å²) in [7, 11) is 0. The first kappa shape index (κ1) is 21.0. The summed E-state index contributed by atoms with van der Waals surface area (Å²) in [6.07, 6.45) is -4.35. The minimum atomic E-state index is -4.35. The number of nitrogens with one attached hydrogen (secondary N) is 1. The van der Waals surface area contributed by atoms with E-state index in [0.717, 1.165) is 6.07 Å². The average Bonchev–Trinajstić information content (AvgIpc) is 2.70. The highest BCUT2D eigenvalue weighted by Gasteiger charge is 2.31. The Hall–Kier alpha value is -2.74. The van der Waals surface area contributed by atoms with Gasteiger partial charge in [-0.05, 0) is 37.3 Å². The standard InChI is InChI=1S/C21H24F3N3O2/c1-2-29-19-9-4-3-8-18(19)25-20(28)15-26-10-12-27(13-11-26)17-7-5-6-16(14-17)21(22,23)24/h3-9,14H,2,10-13,15H2,1H3,(H,25,28). The number of hydrogen-bond donors (Lipinski definition) is 1. The number of alkyl halides is 3. The quantitative estimate of drug-likeness (QED) is 0.790. The fourth-order valence-corrected chi connectivity index (χ4v) is 3.29. The number of benzene rings is 2. The molecule has 0 atom stereocenters. The van der Waals surface area contributed by atoms with Crippen molar-refractivity contribution in [3.8, 4) is 5.75 Å². The monoisotopic (exact) mass is 407 g/mol. The molecule has 29 heavy (non-hydrogen) atoms. The summed E-state index contributed by atoms with van der Waals surface area (Å²) in [5.74, 6) is 0.474. The normalized spacial score (nSPS) is 15.2. The van der Waals surface area contributed by atoms with Crippen LogP contribution in [0.15, 0.2) is 48.5 Å². The topological polar surface area (TPSA) is 44.8 Å². The predicted molar refractivity (Wildman–Crippen MR) is 106 cm³/mol. The number of piperazine rings is 1. The lowest BCUT2D eigenvalue weighted by Gasteiger charge is -2.36. The number of carbonyl (C=O) groups excluding carboxylic acids is 1. The first-order chi connectivity index (χ1) is 13.9. The Morgan fingerprint density at radius 2 is 1.79 bits per heavy atom. The molecule has 1 aliphatic heterocycles. The Bertz CT molecular complexity index is 834. The van der Waals surface area contributed by atoms with Crippen LogP contribution in [0, 0.1) is 0 Å². The summed E-state index contributed by atoms with van der Waals surface area (Å²) in [6.45, 7) is 4.91. The summed E-state index contributed by atoms with van der Waals surface area (Å²) < 4.78 is 44.3. The van der Waals surface area contributed by atoms with Crippen molar-refractivity contribution in [2.75, 3.05) is 49.5 Å². The third-order valence-corrected chi connectivity index (χ3v) is 4.74.